The summed E-state index contributed by atoms with van der Waals surface area (Å²) in [6.45, 7) is 3.89. The number of nitrogens with zero attached hydrogens (tertiary/aromatic N) is 4. The highest BCUT2D eigenvalue weighted by atomic mass is 32.1. The van der Waals surface area contributed by atoms with Crippen LogP contribution in [-0.4, -0.2) is 32.5 Å². The van der Waals surface area contributed by atoms with Crippen molar-refractivity contribution in [1.82, 2.24) is 19.4 Å². The van der Waals surface area contributed by atoms with Gasteiger partial charge in [0.1, 0.15) is 6.33 Å². The second-order valence-electron chi connectivity index (χ2n) is 7.28. The maximum Gasteiger partial charge on any atom is 0.250 e. The van der Waals surface area contributed by atoms with Gasteiger partial charge in [0.15, 0.2) is 0 Å². The number of pyridine rings is 1. The van der Waals surface area contributed by atoms with Crippen molar-refractivity contribution in [1.29, 1.82) is 0 Å². The topological polar surface area (TPSA) is 51.0 Å². The van der Waals surface area contributed by atoms with Gasteiger partial charge in [-0.05, 0) is 29.9 Å². The van der Waals surface area contributed by atoms with Gasteiger partial charge in [0, 0.05) is 72.3 Å². The molecular formula is C20H20N4OS. The monoisotopic (exact) mass is 364 g/mol. The molecule has 2 bridgehead atoms. The first-order valence-electron chi connectivity index (χ1n) is 9.02. The van der Waals surface area contributed by atoms with E-state index in [1.165, 1.54) is 10.6 Å². The van der Waals surface area contributed by atoms with Gasteiger partial charge in [-0.15, -0.1) is 11.3 Å². The van der Waals surface area contributed by atoms with Gasteiger partial charge in [0.25, 0.3) is 5.56 Å². The van der Waals surface area contributed by atoms with Crippen LogP contribution in [0.4, 0.5) is 0 Å². The first-order chi connectivity index (χ1) is 12.8. The number of rotatable bonds is 3. The smallest absolute Gasteiger partial charge is 0.250 e. The Kier molecular flexibility index (Phi) is 3.94. The van der Waals surface area contributed by atoms with E-state index in [1.54, 1.807) is 12.4 Å². The Labute approximate surface area is 156 Å². The maximum atomic E-state index is 12.5. The second kappa shape index (κ2) is 6.45. The minimum Gasteiger partial charge on any atom is -0.311 e. The van der Waals surface area contributed by atoms with Crippen LogP contribution in [0.5, 0.6) is 0 Å². The molecule has 5 rings (SSSR count). The number of likely N-dealkylation sites (tertiary alicyclic amines) is 1. The Morgan fingerprint density at radius 1 is 1.12 bits per heavy atom. The van der Waals surface area contributed by atoms with Crippen molar-refractivity contribution in [2.75, 3.05) is 13.1 Å². The van der Waals surface area contributed by atoms with Crippen molar-refractivity contribution >= 4 is 11.3 Å². The average Bonchev–Trinajstić information content (AvgIpc) is 3.16. The van der Waals surface area contributed by atoms with E-state index in [0.717, 1.165) is 43.7 Å². The lowest BCUT2D eigenvalue weighted by Gasteiger charge is -2.43. The van der Waals surface area contributed by atoms with E-state index in [4.69, 9.17) is 0 Å². The predicted molar refractivity (Wildman–Crippen MR) is 102 cm³/mol. The Hall–Kier alpha value is -2.31. The van der Waals surface area contributed by atoms with E-state index in [-0.39, 0.29) is 5.56 Å². The molecule has 26 heavy (non-hydrogen) atoms. The van der Waals surface area contributed by atoms with Crippen molar-refractivity contribution in [3.8, 4) is 11.1 Å². The molecule has 1 fully saturated rings. The Bertz CT molecular complexity index is 967. The fourth-order valence-electron chi connectivity index (χ4n) is 4.55. The van der Waals surface area contributed by atoms with Gasteiger partial charge in [0.2, 0.25) is 0 Å². The van der Waals surface area contributed by atoms with Crippen molar-refractivity contribution < 1.29 is 0 Å². The molecule has 0 N–H and O–H groups in total. The lowest BCUT2D eigenvalue weighted by molar-refractivity contribution is 0.115. The van der Waals surface area contributed by atoms with Gasteiger partial charge >= 0.3 is 0 Å². The van der Waals surface area contributed by atoms with E-state index in [1.807, 2.05) is 34.4 Å². The Morgan fingerprint density at radius 3 is 2.81 bits per heavy atom. The zero-order chi connectivity index (χ0) is 17.5. The predicted octanol–water partition coefficient (Wildman–Crippen LogP) is 2.99. The molecule has 0 radical (unpaired) electrons. The average molecular weight is 364 g/mol. The largest absolute Gasteiger partial charge is 0.311 e. The Balaban J connectivity index is 1.54. The van der Waals surface area contributed by atoms with Crippen LogP contribution < -0.4 is 5.56 Å². The zero-order valence-corrected chi connectivity index (χ0v) is 15.2. The number of hydrogen-bond acceptors (Lipinski definition) is 5. The van der Waals surface area contributed by atoms with Gasteiger partial charge in [-0.3, -0.25) is 9.69 Å². The number of hydrogen-bond donors (Lipinski definition) is 0. The molecule has 1 saturated heterocycles. The summed E-state index contributed by atoms with van der Waals surface area (Å²) in [5, 5.41) is 2.14. The summed E-state index contributed by atoms with van der Waals surface area (Å²) in [4.78, 5) is 24.8. The van der Waals surface area contributed by atoms with Crippen molar-refractivity contribution in [2.45, 2.75) is 25.4 Å². The molecule has 2 unspecified atom stereocenters. The van der Waals surface area contributed by atoms with Gasteiger partial charge in [-0.25, -0.2) is 9.97 Å². The molecule has 5 heterocycles. The fourth-order valence-corrected chi connectivity index (χ4v) is 5.29. The number of aromatic nitrogens is 3. The maximum absolute atomic E-state index is 12.5. The molecule has 2 atom stereocenters. The standard InChI is InChI=1S/C20H20N4OS/c25-19-4-3-18(16-7-21-13-22-8-16)20-15-6-14(10-24(19)20)9-23(11-15)12-17-2-1-5-26-17/h1-5,7-8,13-15H,6,9-12H2. The fraction of sp³-hybridized carbons (Fsp3) is 0.350. The molecule has 2 aliphatic rings. The van der Waals surface area contributed by atoms with Crippen LogP contribution >= 0.6 is 11.3 Å². The lowest BCUT2D eigenvalue weighted by atomic mass is 9.80. The zero-order valence-electron chi connectivity index (χ0n) is 14.4. The first kappa shape index (κ1) is 15.9. The third-order valence-electron chi connectivity index (χ3n) is 5.50. The summed E-state index contributed by atoms with van der Waals surface area (Å²) >= 11 is 1.82. The van der Waals surface area contributed by atoms with Gasteiger partial charge in [-0.2, -0.15) is 0 Å². The minimum atomic E-state index is 0.113. The minimum absolute atomic E-state index is 0.113. The van der Waals surface area contributed by atoms with Gasteiger partial charge in [0.05, 0.1) is 0 Å². The van der Waals surface area contributed by atoms with Crippen LogP contribution in [0.2, 0.25) is 0 Å². The summed E-state index contributed by atoms with van der Waals surface area (Å²) in [5.74, 6) is 0.924. The molecule has 0 amide bonds. The summed E-state index contributed by atoms with van der Waals surface area (Å²) < 4.78 is 2.00. The summed E-state index contributed by atoms with van der Waals surface area (Å²) in [7, 11) is 0. The van der Waals surface area contributed by atoms with E-state index in [0.29, 0.717) is 11.8 Å². The normalized spacial score (nSPS) is 22.2. The van der Waals surface area contributed by atoms with Crippen molar-refractivity contribution in [2.24, 2.45) is 5.92 Å². The van der Waals surface area contributed by atoms with Crippen molar-refractivity contribution in [3.63, 3.8) is 0 Å². The van der Waals surface area contributed by atoms with Crippen LogP contribution in [0, 0.1) is 5.92 Å². The quantitative estimate of drug-likeness (QED) is 0.717. The highest BCUT2D eigenvalue weighted by molar-refractivity contribution is 7.09. The van der Waals surface area contributed by atoms with Crippen LogP contribution in [0.3, 0.4) is 0 Å². The third-order valence-corrected chi connectivity index (χ3v) is 6.36. The molecule has 0 spiro atoms. The third kappa shape index (κ3) is 2.79. The molecular weight excluding hydrogens is 344 g/mol. The van der Waals surface area contributed by atoms with Gasteiger partial charge < -0.3 is 4.57 Å². The number of thiophene rings is 1. The van der Waals surface area contributed by atoms with Crippen LogP contribution in [0.1, 0.15) is 22.9 Å². The molecule has 3 aromatic rings. The van der Waals surface area contributed by atoms with E-state index in [9.17, 15) is 4.79 Å². The summed E-state index contributed by atoms with van der Waals surface area (Å²) in [6.07, 6.45) is 6.38. The van der Waals surface area contributed by atoms with E-state index >= 15 is 0 Å². The molecule has 2 aliphatic heterocycles. The van der Waals surface area contributed by atoms with Crippen LogP contribution in [-0.2, 0) is 13.1 Å². The van der Waals surface area contributed by atoms with Crippen LogP contribution in [0.15, 0.2) is 53.2 Å². The lowest BCUT2D eigenvalue weighted by Crippen LogP contribution is -2.46. The summed E-state index contributed by atoms with van der Waals surface area (Å²) in [6, 6.07) is 7.97. The molecule has 3 aromatic heterocycles. The molecule has 0 aliphatic carbocycles. The van der Waals surface area contributed by atoms with Crippen LogP contribution in [0.25, 0.3) is 11.1 Å². The second-order valence-corrected chi connectivity index (χ2v) is 8.31. The first-order valence-corrected chi connectivity index (χ1v) is 9.90. The van der Waals surface area contributed by atoms with E-state index < -0.39 is 0 Å². The SMILES string of the molecule is O=c1ccc(-c2cncnc2)c2n1CC1CC2CN(Cc2cccs2)C1. The molecule has 132 valence electrons. The van der Waals surface area contributed by atoms with E-state index in [2.05, 4.69) is 32.4 Å². The highest BCUT2D eigenvalue weighted by Gasteiger charge is 2.36. The highest BCUT2D eigenvalue weighted by Crippen LogP contribution is 2.40. The molecule has 0 aromatic carbocycles. The van der Waals surface area contributed by atoms with Crippen molar-refractivity contribution in [3.05, 3.63) is 69.3 Å². The van der Waals surface area contributed by atoms with Gasteiger partial charge in [-0.1, -0.05) is 6.07 Å². The summed E-state index contributed by atoms with van der Waals surface area (Å²) in [5.41, 5.74) is 3.37. The Morgan fingerprint density at radius 2 is 2.00 bits per heavy atom. The molecule has 6 heteroatoms. The molecule has 5 nitrogen and oxygen atoms in total. The molecule has 0 saturated carbocycles. The number of fused-ring (bicyclic) bond motifs is 4. The number of piperidine rings is 1.